The van der Waals surface area contributed by atoms with E-state index in [1.165, 1.54) is 31.5 Å². The Balaban J connectivity index is 1.99. The highest BCUT2D eigenvalue weighted by molar-refractivity contribution is 5.68. The van der Waals surface area contributed by atoms with Crippen LogP contribution in [0.2, 0.25) is 0 Å². The Hall–Kier alpha value is -1.55. The molecule has 4 nitrogen and oxygen atoms in total. The van der Waals surface area contributed by atoms with Crippen molar-refractivity contribution in [2.75, 3.05) is 37.6 Å². The van der Waals surface area contributed by atoms with Gasteiger partial charge in [0.1, 0.15) is 0 Å². The molecule has 0 aliphatic carbocycles. The Morgan fingerprint density at radius 3 is 2.60 bits per heavy atom. The van der Waals surface area contributed by atoms with Crippen LogP contribution in [-0.4, -0.2) is 48.7 Å². The number of hydrogen-bond acceptors (Lipinski definition) is 3. The first-order valence-electron chi connectivity index (χ1n) is 7.41. The van der Waals surface area contributed by atoms with Crippen LogP contribution >= 0.6 is 0 Å². The fourth-order valence-corrected chi connectivity index (χ4v) is 2.77. The van der Waals surface area contributed by atoms with Crippen molar-refractivity contribution in [3.63, 3.8) is 0 Å². The molecule has 0 spiro atoms. The lowest BCUT2D eigenvalue weighted by Crippen LogP contribution is -2.35. The Kier molecular flexibility index (Phi) is 5.41. The number of para-hydroxylation sites is 1. The van der Waals surface area contributed by atoms with Crippen LogP contribution in [0.4, 0.5) is 5.69 Å². The second-order valence-corrected chi connectivity index (χ2v) is 5.47. The van der Waals surface area contributed by atoms with E-state index in [2.05, 4.69) is 28.9 Å². The zero-order valence-electron chi connectivity index (χ0n) is 12.2. The molecular weight excluding hydrogens is 252 g/mol. The molecule has 0 radical (unpaired) electrons. The molecule has 0 amide bonds. The van der Waals surface area contributed by atoms with E-state index in [-0.39, 0.29) is 6.42 Å². The first kappa shape index (κ1) is 14.9. The number of carboxylic acids is 1. The van der Waals surface area contributed by atoms with Gasteiger partial charge in [0.05, 0.1) is 6.42 Å². The molecule has 0 aromatic heterocycles. The zero-order chi connectivity index (χ0) is 14.4. The number of carbonyl (C=O) groups is 1. The molecule has 1 fully saturated rings. The summed E-state index contributed by atoms with van der Waals surface area (Å²) in [6.45, 7) is 6.94. The molecular formula is C16H24N2O2. The fourth-order valence-electron chi connectivity index (χ4n) is 2.77. The van der Waals surface area contributed by atoms with E-state index in [1.54, 1.807) is 0 Å². The number of benzene rings is 1. The van der Waals surface area contributed by atoms with Gasteiger partial charge in [0.15, 0.2) is 0 Å². The summed E-state index contributed by atoms with van der Waals surface area (Å²) in [6, 6.07) is 8.21. The summed E-state index contributed by atoms with van der Waals surface area (Å²) in [5.41, 5.74) is 2.37. The predicted octanol–water partition coefficient (Wildman–Crippen LogP) is 2.37. The summed E-state index contributed by atoms with van der Waals surface area (Å²) in [5, 5.41) is 8.92. The molecule has 1 aliphatic heterocycles. The molecule has 1 saturated heterocycles. The van der Waals surface area contributed by atoms with Crippen molar-refractivity contribution in [1.82, 2.24) is 4.90 Å². The van der Waals surface area contributed by atoms with Crippen molar-refractivity contribution >= 4 is 11.7 Å². The maximum Gasteiger partial charge on any atom is 0.305 e. The van der Waals surface area contributed by atoms with E-state index < -0.39 is 5.97 Å². The number of anilines is 1. The SMILES string of the molecule is Cc1ccccc1N(CCC(=O)O)CCN1CCCC1. The summed E-state index contributed by atoms with van der Waals surface area (Å²) in [5.74, 6) is -0.732. The van der Waals surface area contributed by atoms with Gasteiger partial charge < -0.3 is 14.9 Å². The minimum absolute atomic E-state index is 0.189. The molecule has 0 saturated carbocycles. The summed E-state index contributed by atoms with van der Waals surface area (Å²) in [7, 11) is 0. The normalized spacial score (nSPS) is 15.4. The second kappa shape index (κ2) is 7.29. The molecule has 0 bridgehead atoms. The first-order valence-corrected chi connectivity index (χ1v) is 7.41. The van der Waals surface area contributed by atoms with Crippen molar-refractivity contribution < 1.29 is 9.90 Å². The van der Waals surface area contributed by atoms with Crippen LogP contribution in [0.25, 0.3) is 0 Å². The lowest BCUT2D eigenvalue weighted by molar-refractivity contribution is -0.136. The van der Waals surface area contributed by atoms with Gasteiger partial charge in [-0.05, 0) is 44.5 Å². The van der Waals surface area contributed by atoms with Gasteiger partial charge in [-0.1, -0.05) is 18.2 Å². The number of hydrogen-bond donors (Lipinski definition) is 1. The molecule has 0 atom stereocenters. The van der Waals surface area contributed by atoms with Crippen LogP contribution in [0.1, 0.15) is 24.8 Å². The zero-order valence-corrected chi connectivity index (χ0v) is 12.2. The molecule has 1 aromatic rings. The minimum Gasteiger partial charge on any atom is -0.481 e. The maximum absolute atomic E-state index is 10.8. The first-order chi connectivity index (χ1) is 9.66. The third-order valence-corrected chi connectivity index (χ3v) is 3.94. The largest absolute Gasteiger partial charge is 0.481 e. The molecule has 4 heteroatoms. The van der Waals surface area contributed by atoms with Crippen molar-refractivity contribution in [3.8, 4) is 0 Å². The van der Waals surface area contributed by atoms with Gasteiger partial charge in [-0.25, -0.2) is 0 Å². The number of likely N-dealkylation sites (tertiary alicyclic amines) is 1. The molecule has 20 heavy (non-hydrogen) atoms. The lowest BCUT2D eigenvalue weighted by Gasteiger charge is -2.28. The van der Waals surface area contributed by atoms with E-state index >= 15 is 0 Å². The molecule has 1 aromatic carbocycles. The molecule has 110 valence electrons. The minimum atomic E-state index is -0.732. The Labute approximate surface area is 121 Å². The van der Waals surface area contributed by atoms with Crippen molar-refractivity contribution in [1.29, 1.82) is 0 Å². The van der Waals surface area contributed by atoms with Gasteiger partial charge in [-0.15, -0.1) is 0 Å². The van der Waals surface area contributed by atoms with Crippen LogP contribution < -0.4 is 4.90 Å². The summed E-state index contributed by atoms with van der Waals surface area (Å²) >= 11 is 0. The average molecular weight is 276 g/mol. The standard InChI is InChI=1S/C16H24N2O2/c1-14-6-2-3-7-15(14)18(11-8-16(19)20)13-12-17-9-4-5-10-17/h2-3,6-7H,4-5,8-13H2,1H3,(H,19,20). The van der Waals surface area contributed by atoms with E-state index in [4.69, 9.17) is 5.11 Å². The summed E-state index contributed by atoms with van der Waals surface area (Å²) in [4.78, 5) is 15.5. The van der Waals surface area contributed by atoms with Crippen LogP contribution in [0.5, 0.6) is 0 Å². The molecule has 0 unspecified atom stereocenters. The quantitative estimate of drug-likeness (QED) is 0.830. The van der Waals surface area contributed by atoms with Crippen LogP contribution in [0, 0.1) is 6.92 Å². The average Bonchev–Trinajstić information content (AvgIpc) is 2.93. The van der Waals surface area contributed by atoms with Crippen molar-refractivity contribution in [2.45, 2.75) is 26.2 Å². The van der Waals surface area contributed by atoms with Gasteiger partial charge >= 0.3 is 5.97 Å². The van der Waals surface area contributed by atoms with Crippen LogP contribution in [0.15, 0.2) is 24.3 Å². The number of rotatable bonds is 7. The van der Waals surface area contributed by atoms with E-state index in [1.807, 2.05) is 12.1 Å². The van der Waals surface area contributed by atoms with E-state index in [0.29, 0.717) is 6.54 Å². The van der Waals surface area contributed by atoms with E-state index in [9.17, 15) is 4.79 Å². The topological polar surface area (TPSA) is 43.8 Å². The van der Waals surface area contributed by atoms with Gasteiger partial charge in [0.25, 0.3) is 0 Å². The lowest BCUT2D eigenvalue weighted by atomic mass is 10.1. The Morgan fingerprint density at radius 1 is 1.25 bits per heavy atom. The van der Waals surface area contributed by atoms with Crippen molar-refractivity contribution in [2.24, 2.45) is 0 Å². The number of nitrogens with zero attached hydrogens (tertiary/aromatic N) is 2. The maximum atomic E-state index is 10.8. The monoisotopic (exact) mass is 276 g/mol. The molecule has 1 N–H and O–H groups in total. The highest BCUT2D eigenvalue weighted by Crippen LogP contribution is 2.20. The van der Waals surface area contributed by atoms with Gasteiger partial charge in [0, 0.05) is 25.3 Å². The highest BCUT2D eigenvalue weighted by Gasteiger charge is 2.15. The predicted molar refractivity (Wildman–Crippen MR) is 81.3 cm³/mol. The van der Waals surface area contributed by atoms with Crippen LogP contribution in [-0.2, 0) is 4.79 Å². The Morgan fingerprint density at radius 2 is 1.95 bits per heavy atom. The second-order valence-electron chi connectivity index (χ2n) is 5.47. The third kappa shape index (κ3) is 4.23. The molecule has 2 rings (SSSR count). The smallest absolute Gasteiger partial charge is 0.305 e. The third-order valence-electron chi connectivity index (χ3n) is 3.94. The number of aliphatic carboxylic acids is 1. The summed E-state index contributed by atoms with van der Waals surface area (Å²) < 4.78 is 0. The molecule has 1 heterocycles. The van der Waals surface area contributed by atoms with Crippen LogP contribution in [0.3, 0.4) is 0 Å². The molecule has 1 aliphatic rings. The fraction of sp³-hybridized carbons (Fsp3) is 0.562. The highest BCUT2D eigenvalue weighted by atomic mass is 16.4. The van der Waals surface area contributed by atoms with Gasteiger partial charge in [-0.2, -0.15) is 0 Å². The number of carboxylic acid groups (broad SMARTS) is 1. The Bertz CT molecular complexity index is 442. The summed E-state index contributed by atoms with van der Waals surface area (Å²) in [6.07, 6.45) is 2.77. The van der Waals surface area contributed by atoms with E-state index in [0.717, 1.165) is 18.8 Å². The van der Waals surface area contributed by atoms with Gasteiger partial charge in [-0.3, -0.25) is 4.79 Å². The van der Waals surface area contributed by atoms with Crippen molar-refractivity contribution in [3.05, 3.63) is 29.8 Å². The van der Waals surface area contributed by atoms with Gasteiger partial charge in [0.2, 0.25) is 0 Å². The number of aryl methyl sites for hydroxylation is 1.